The number of hydrogen-bond acceptors (Lipinski definition) is 3. The van der Waals surface area contributed by atoms with Crippen LogP contribution < -0.4 is 0 Å². The molecule has 0 aliphatic heterocycles. The van der Waals surface area contributed by atoms with Gasteiger partial charge in [-0.3, -0.25) is 4.98 Å². The predicted molar refractivity (Wildman–Crippen MR) is 64.3 cm³/mol. The van der Waals surface area contributed by atoms with E-state index in [0.717, 1.165) is 16.9 Å². The Morgan fingerprint density at radius 3 is 2.38 bits per heavy atom. The van der Waals surface area contributed by atoms with Crippen molar-refractivity contribution in [1.82, 2.24) is 4.98 Å². The molecule has 3 nitrogen and oxygen atoms in total. The van der Waals surface area contributed by atoms with E-state index >= 15 is 0 Å². The Balaban J connectivity index is 2.21. The van der Waals surface area contributed by atoms with Crippen LogP contribution in [0.2, 0.25) is 0 Å². The lowest BCUT2D eigenvalue weighted by Gasteiger charge is -1.97. The molecule has 0 fully saturated rings. The lowest BCUT2D eigenvalue weighted by atomic mass is 10.2. The summed E-state index contributed by atoms with van der Waals surface area (Å²) in [4.78, 5) is 4.01. The first-order valence-electron chi connectivity index (χ1n) is 5.15. The van der Waals surface area contributed by atoms with Crippen molar-refractivity contribution in [2.24, 2.45) is 10.2 Å². The molecule has 0 bridgehead atoms. The maximum atomic E-state index is 4.19. The van der Waals surface area contributed by atoms with Gasteiger partial charge in [-0.05, 0) is 37.6 Å². The van der Waals surface area contributed by atoms with Gasteiger partial charge in [0.05, 0.1) is 11.4 Å². The third-order valence-corrected chi connectivity index (χ3v) is 2.30. The Kier molecular flexibility index (Phi) is 3.05. The van der Waals surface area contributed by atoms with E-state index in [1.54, 1.807) is 12.4 Å². The lowest BCUT2D eigenvalue weighted by Crippen LogP contribution is -1.75. The van der Waals surface area contributed by atoms with Gasteiger partial charge in [-0.1, -0.05) is 17.7 Å². The molecule has 2 rings (SSSR count). The molecule has 2 aromatic rings. The normalized spacial score (nSPS) is 10.9. The smallest absolute Gasteiger partial charge is 0.0916 e. The summed E-state index contributed by atoms with van der Waals surface area (Å²) in [6, 6.07) is 9.80. The van der Waals surface area contributed by atoms with Crippen LogP contribution in [0.5, 0.6) is 0 Å². The maximum absolute atomic E-state index is 4.19. The molecule has 0 unspecified atom stereocenters. The summed E-state index contributed by atoms with van der Waals surface area (Å²) < 4.78 is 0. The highest BCUT2D eigenvalue weighted by Gasteiger charge is 1.94. The standard InChI is InChI=1S/C13H13N3/c1-10-3-5-12(6-4-10)15-16-13-7-8-14-9-11(13)2/h3-9H,1-2H3. The Hall–Kier alpha value is -2.03. The van der Waals surface area contributed by atoms with Crippen LogP contribution in [0, 0.1) is 13.8 Å². The fourth-order valence-electron chi connectivity index (χ4n) is 1.30. The van der Waals surface area contributed by atoms with E-state index in [9.17, 15) is 0 Å². The zero-order valence-corrected chi connectivity index (χ0v) is 9.38. The molecule has 0 atom stereocenters. The first-order valence-corrected chi connectivity index (χ1v) is 5.15. The second-order valence-electron chi connectivity index (χ2n) is 3.70. The highest BCUT2D eigenvalue weighted by Crippen LogP contribution is 2.20. The minimum atomic E-state index is 0.857. The number of benzene rings is 1. The molecule has 16 heavy (non-hydrogen) atoms. The minimum Gasteiger partial charge on any atom is -0.264 e. The van der Waals surface area contributed by atoms with E-state index in [1.165, 1.54) is 5.56 Å². The van der Waals surface area contributed by atoms with E-state index in [2.05, 4.69) is 15.2 Å². The average molecular weight is 211 g/mol. The number of nitrogens with zero attached hydrogens (tertiary/aromatic N) is 3. The highest BCUT2D eigenvalue weighted by atomic mass is 15.1. The third kappa shape index (κ3) is 2.51. The molecule has 1 aromatic heterocycles. The molecule has 1 aromatic carbocycles. The fourth-order valence-corrected chi connectivity index (χ4v) is 1.30. The van der Waals surface area contributed by atoms with Crippen LogP contribution in [0.25, 0.3) is 0 Å². The lowest BCUT2D eigenvalue weighted by molar-refractivity contribution is 1.17. The van der Waals surface area contributed by atoms with Crippen LogP contribution in [0.4, 0.5) is 11.4 Å². The molecular weight excluding hydrogens is 198 g/mol. The second kappa shape index (κ2) is 4.66. The van der Waals surface area contributed by atoms with Gasteiger partial charge in [-0.15, -0.1) is 0 Å². The molecule has 0 radical (unpaired) electrons. The second-order valence-corrected chi connectivity index (χ2v) is 3.70. The summed E-state index contributed by atoms with van der Waals surface area (Å²) in [6.45, 7) is 4.02. The fraction of sp³-hybridized carbons (Fsp3) is 0.154. The van der Waals surface area contributed by atoms with Crippen LogP contribution in [0.3, 0.4) is 0 Å². The van der Waals surface area contributed by atoms with Crippen molar-refractivity contribution in [3.05, 3.63) is 53.9 Å². The van der Waals surface area contributed by atoms with Crippen molar-refractivity contribution in [3.63, 3.8) is 0 Å². The van der Waals surface area contributed by atoms with Gasteiger partial charge in [0, 0.05) is 12.4 Å². The summed E-state index contributed by atoms with van der Waals surface area (Å²) in [7, 11) is 0. The molecule has 1 heterocycles. The van der Waals surface area contributed by atoms with Gasteiger partial charge >= 0.3 is 0 Å². The number of aryl methyl sites for hydroxylation is 2. The molecule has 0 saturated heterocycles. The van der Waals surface area contributed by atoms with Crippen molar-refractivity contribution < 1.29 is 0 Å². The topological polar surface area (TPSA) is 37.6 Å². The molecule has 0 N–H and O–H groups in total. The van der Waals surface area contributed by atoms with Crippen molar-refractivity contribution >= 4 is 11.4 Å². The molecule has 0 aliphatic carbocycles. The maximum Gasteiger partial charge on any atom is 0.0916 e. The van der Waals surface area contributed by atoms with Crippen LogP contribution >= 0.6 is 0 Å². The van der Waals surface area contributed by atoms with Crippen LogP contribution in [-0.2, 0) is 0 Å². The highest BCUT2D eigenvalue weighted by molar-refractivity contribution is 5.44. The predicted octanol–water partition coefficient (Wildman–Crippen LogP) is 4.11. The largest absolute Gasteiger partial charge is 0.264 e. The molecule has 0 spiro atoms. The molecule has 0 saturated carbocycles. The molecule has 0 amide bonds. The SMILES string of the molecule is Cc1ccc(N=Nc2ccncc2C)cc1. The van der Waals surface area contributed by atoms with Crippen molar-refractivity contribution in [2.45, 2.75) is 13.8 Å². The van der Waals surface area contributed by atoms with Crippen LogP contribution in [-0.4, -0.2) is 4.98 Å². The zero-order chi connectivity index (χ0) is 11.4. The van der Waals surface area contributed by atoms with Crippen molar-refractivity contribution in [1.29, 1.82) is 0 Å². The van der Waals surface area contributed by atoms with Gasteiger partial charge in [0.2, 0.25) is 0 Å². The van der Waals surface area contributed by atoms with Gasteiger partial charge in [-0.2, -0.15) is 10.2 Å². The Bertz CT molecular complexity index is 501. The Labute approximate surface area is 94.9 Å². The van der Waals surface area contributed by atoms with Crippen molar-refractivity contribution in [2.75, 3.05) is 0 Å². The molecule has 3 heteroatoms. The number of pyridine rings is 1. The summed E-state index contributed by atoms with van der Waals surface area (Å²) in [5, 5.41) is 8.37. The van der Waals surface area contributed by atoms with Gasteiger partial charge in [0.1, 0.15) is 0 Å². The quantitative estimate of drug-likeness (QED) is 0.688. The summed E-state index contributed by atoms with van der Waals surface area (Å²) in [5.74, 6) is 0. The first-order chi connectivity index (χ1) is 7.75. The van der Waals surface area contributed by atoms with Gasteiger partial charge in [0.25, 0.3) is 0 Å². The van der Waals surface area contributed by atoms with Crippen LogP contribution in [0.15, 0.2) is 53.0 Å². The van der Waals surface area contributed by atoms with Gasteiger partial charge < -0.3 is 0 Å². The minimum absolute atomic E-state index is 0.857. The van der Waals surface area contributed by atoms with Gasteiger partial charge in [0.15, 0.2) is 0 Å². The molecular formula is C13H13N3. The monoisotopic (exact) mass is 211 g/mol. The number of hydrogen-bond donors (Lipinski definition) is 0. The summed E-state index contributed by atoms with van der Waals surface area (Å²) in [6.07, 6.45) is 3.50. The average Bonchev–Trinajstić information content (AvgIpc) is 2.30. The van der Waals surface area contributed by atoms with E-state index < -0.39 is 0 Å². The van der Waals surface area contributed by atoms with Crippen LogP contribution in [0.1, 0.15) is 11.1 Å². The number of aromatic nitrogens is 1. The molecule has 0 aliphatic rings. The summed E-state index contributed by atoms with van der Waals surface area (Å²) in [5.41, 5.74) is 3.97. The van der Waals surface area contributed by atoms with Gasteiger partial charge in [-0.25, -0.2) is 0 Å². The van der Waals surface area contributed by atoms with E-state index in [-0.39, 0.29) is 0 Å². The van der Waals surface area contributed by atoms with E-state index in [4.69, 9.17) is 0 Å². The zero-order valence-electron chi connectivity index (χ0n) is 9.38. The third-order valence-electron chi connectivity index (χ3n) is 2.30. The summed E-state index contributed by atoms with van der Waals surface area (Å²) >= 11 is 0. The Morgan fingerprint density at radius 2 is 1.69 bits per heavy atom. The number of azo groups is 1. The Morgan fingerprint density at radius 1 is 0.938 bits per heavy atom. The molecule has 80 valence electrons. The van der Waals surface area contributed by atoms with Crippen molar-refractivity contribution in [3.8, 4) is 0 Å². The first kappa shape index (κ1) is 10.5. The number of rotatable bonds is 2. The van der Waals surface area contributed by atoms with E-state index in [1.807, 2.05) is 44.2 Å². The van der Waals surface area contributed by atoms with E-state index in [0.29, 0.717) is 0 Å².